The number of ether oxygens (including phenoxy) is 1. The molecule has 2 aliphatic carbocycles. The second-order valence-corrected chi connectivity index (χ2v) is 10.8. The van der Waals surface area contributed by atoms with Crippen molar-refractivity contribution < 1.29 is 41.0 Å². The molecule has 0 bridgehead atoms. The van der Waals surface area contributed by atoms with Gasteiger partial charge in [0.2, 0.25) is 0 Å². The molecular formula is C28H33F6NO3. The van der Waals surface area contributed by atoms with Crippen LogP contribution in [-0.4, -0.2) is 36.4 Å². The van der Waals surface area contributed by atoms with Crippen LogP contribution in [0.1, 0.15) is 63.9 Å². The van der Waals surface area contributed by atoms with E-state index in [1.807, 2.05) is 18.9 Å². The molecule has 1 unspecified atom stereocenters. The number of hydrogen-bond acceptors (Lipinski definition) is 3. The number of carboxylic acids is 1. The molecule has 4 nitrogen and oxygen atoms in total. The fourth-order valence-electron chi connectivity index (χ4n) is 5.99. The molecule has 1 N–H and O–H groups in total. The van der Waals surface area contributed by atoms with Crippen molar-refractivity contribution in [2.45, 2.75) is 82.8 Å². The quantitative estimate of drug-likeness (QED) is 0.373. The fourth-order valence-corrected chi connectivity index (χ4v) is 5.99. The van der Waals surface area contributed by atoms with Crippen LogP contribution in [0.15, 0.2) is 30.3 Å². The van der Waals surface area contributed by atoms with E-state index >= 15 is 0 Å². The lowest BCUT2D eigenvalue weighted by Gasteiger charge is -2.37. The maximum atomic E-state index is 14.2. The highest BCUT2D eigenvalue weighted by Crippen LogP contribution is 2.44. The lowest BCUT2D eigenvalue weighted by Crippen LogP contribution is -2.38. The summed E-state index contributed by atoms with van der Waals surface area (Å²) in [5.74, 6) is -2.60. The third kappa shape index (κ3) is 6.15. The van der Waals surface area contributed by atoms with Gasteiger partial charge in [0.15, 0.2) is 0 Å². The van der Waals surface area contributed by atoms with Gasteiger partial charge in [0.1, 0.15) is 11.3 Å². The molecule has 2 aromatic rings. The third-order valence-corrected chi connectivity index (χ3v) is 8.50. The van der Waals surface area contributed by atoms with E-state index in [4.69, 9.17) is 4.74 Å². The minimum Gasteiger partial charge on any atom is -0.490 e. The number of aliphatic carboxylic acids is 1. The molecule has 10 heteroatoms. The van der Waals surface area contributed by atoms with Gasteiger partial charge in [-0.25, -0.2) is 0 Å². The van der Waals surface area contributed by atoms with Gasteiger partial charge in [-0.1, -0.05) is 12.1 Å². The topological polar surface area (TPSA) is 49.8 Å². The first kappa shape index (κ1) is 28.4. The van der Waals surface area contributed by atoms with Crippen molar-refractivity contribution in [1.29, 1.82) is 0 Å². The SMILES string of the molecule is CC(C1CCC(C(=O)O)CC1)N(C)c1ccc2c(C(F)(F)F)c(O[C@H]3CC[C@@H](C(F)(F)F)CC3)ccc2c1. The highest BCUT2D eigenvalue weighted by Gasteiger charge is 2.43. The van der Waals surface area contributed by atoms with E-state index in [0.29, 0.717) is 18.2 Å². The van der Waals surface area contributed by atoms with Crippen LogP contribution in [0, 0.1) is 17.8 Å². The lowest BCUT2D eigenvalue weighted by molar-refractivity contribution is -0.185. The molecule has 210 valence electrons. The highest BCUT2D eigenvalue weighted by molar-refractivity contribution is 5.91. The smallest absolute Gasteiger partial charge is 0.420 e. The normalized spacial score (nSPS) is 25.7. The van der Waals surface area contributed by atoms with Crippen LogP contribution >= 0.6 is 0 Å². The van der Waals surface area contributed by atoms with E-state index in [2.05, 4.69) is 0 Å². The van der Waals surface area contributed by atoms with Crippen molar-refractivity contribution in [3.8, 4) is 5.75 Å². The number of alkyl halides is 6. The Balaban J connectivity index is 1.53. The number of rotatable bonds is 6. The average molecular weight is 546 g/mol. The molecule has 4 rings (SSSR count). The van der Waals surface area contributed by atoms with Crippen molar-refractivity contribution in [3.63, 3.8) is 0 Å². The minimum absolute atomic E-state index is 0.0225. The Kier molecular flexibility index (Phi) is 8.09. The van der Waals surface area contributed by atoms with Crippen molar-refractivity contribution in [1.82, 2.24) is 0 Å². The van der Waals surface area contributed by atoms with Gasteiger partial charge < -0.3 is 14.7 Å². The summed E-state index contributed by atoms with van der Waals surface area (Å²) in [5, 5.41) is 9.60. The van der Waals surface area contributed by atoms with Crippen LogP contribution in [0.3, 0.4) is 0 Å². The summed E-state index contributed by atoms with van der Waals surface area (Å²) < 4.78 is 87.1. The van der Waals surface area contributed by atoms with Gasteiger partial charge >= 0.3 is 18.3 Å². The van der Waals surface area contributed by atoms with Crippen molar-refractivity contribution in [2.24, 2.45) is 17.8 Å². The predicted octanol–water partition coefficient (Wildman–Crippen LogP) is 8.07. The Hall–Kier alpha value is -2.65. The molecule has 2 saturated carbocycles. The predicted molar refractivity (Wildman–Crippen MR) is 132 cm³/mol. The van der Waals surface area contributed by atoms with Crippen LogP contribution in [0.5, 0.6) is 5.75 Å². The number of nitrogens with zero attached hydrogens (tertiary/aromatic N) is 1. The van der Waals surface area contributed by atoms with Crippen LogP contribution in [0.2, 0.25) is 0 Å². The first-order valence-corrected chi connectivity index (χ1v) is 13.1. The molecule has 0 heterocycles. The minimum atomic E-state index is -4.71. The summed E-state index contributed by atoms with van der Waals surface area (Å²) in [5.41, 5.74) is -0.167. The summed E-state index contributed by atoms with van der Waals surface area (Å²) in [6.07, 6.45) is -7.13. The number of fused-ring (bicyclic) bond motifs is 1. The number of halogens is 6. The molecular weight excluding hydrogens is 512 g/mol. The molecule has 0 aromatic heterocycles. The molecule has 0 aliphatic heterocycles. The first-order chi connectivity index (χ1) is 17.8. The van der Waals surface area contributed by atoms with E-state index in [1.54, 1.807) is 18.2 Å². The van der Waals surface area contributed by atoms with E-state index in [0.717, 1.165) is 18.5 Å². The number of carbonyl (C=O) groups is 1. The van der Waals surface area contributed by atoms with Gasteiger partial charge in [-0.05, 0) is 93.2 Å². The Morgan fingerprint density at radius 2 is 1.58 bits per heavy atom. The highest BCUT2D eigenvalue weighted by atomic mass is 19.4. The van der Waals surface area contributed by atoms with Gasteiger partial charge in [-0.2, -0.15) is 26.3 Å². The zero-order valence-corrected chi connectivity index (χ0v) is 21.4. The van der Waals surface area contributed by atoms with E-state index < -0.39 is 35.9 Å². The molecule has 0 saturated heterocycles. The van der Waals surface area contributed by atoms with Gasteiger partial charge in [0.25, 0.3) is 0 Å². The van der Waals surface area contributed by atoms with Crippen molar-refractivity contribution in [2.75, 3.05) is 11.9 Å². The fraction of sp³-hybridized carbons (Fsp3) is 0.607. The molecule has 1 atom stereocenters. The number of anilines is 1. The largest absolute Gasteiger partial charge is 0.490 e. The Morgan fingerprint density at radius 1 is 0.947 bits per heavy atom. The summed E-state index contributed by atoms with van der Waals surface area (Å²) in [6, 6.07) is 7.64. The van der Waals surface area contributed by atoms with E-state index in [9.17, 15) is 36.2 Å². The summed E-state index contributed by atoms with van der Waals surface area (Å²) in [4.78, 5) is 13.3. The van der Waals surface area contributed by atoms with E-state index in [1.165, 1.54) is 12.1 Å². The number of carboxylic acid groups (broad SMARTS) is 1. The van der Waals surface area contributed by atoms with Crippen LogP contribution in [0.25, 0.3) is 10.8 Å². The molecule has 2 fully saturated rings. The Bertz CT molecular complexity index is 1130. The molecule has 2 aromatic carbocycles. The molecule has 0 radical (unpaired) electrons. The maximum absolute atomic E-state index is 14.2. The Labute approximate surface area is 217 Å². The molecule has 38 heavy (non-hydrogen) atoms. The van der Waals surface area contributed by atoms with Gasteiger partial charge in [-0.15, -0.1) is 0 Å². The molecule has 0 spiro atoms. The van der Waals surface area contributed by atoms with E-state index in [-0.39, 0.29) is 54.7 Å². The molecule has 0 amide bonds. The second kappa shape index (κ2) is 10.8. The standard InChI is InChI=1S/C28H33F6NO3/c1-16(17-3-5-18(6-4-17)26(36)37)35(2)21-10-13-23-19(15-21)7-14-24(25(23)28(32,33)34)38-22-11-8-20(9-12-22)27(29,30)31/h7,10,13-18,20,22H,3-6,8-9,11-12H2,1-2H3,(H,36,37)/t16?,17?,18?,20-,22+. The lowest BCUT2D eigenvalue weighted by atomic mass is 9.78. The van der Waals surface area contributed by atoms with Crippen LogP contribution in [0.4, 0.5) is 32.0 Å². The Morgan fingerprint density at radius 3 is 2.13 bits per heavy atom. The monoisotopic (exact) mass is 545 g/mol. The molecule has 2 aliphatic rings. The summed E-state index contributed by atoms with van der Waals surface area (Å²) >= 11 is 0. The first-order valence-electron chi connectivity index (χ1n) is 13.1. The van der Waals surface area contributed by atoms with Crippen LogP contribution < -0.4 is 9.64 Å². The van der Waals surface area contributed by atoms with Gasteiger partial charge in [0, 0.05) is 18.8 Å². The third-order valence-electron chi connectivity index (χ3n) is 8.50. The zero-order valence-electron chi connectivity index (χ0n) is 21.4. The van der Waals surface area contributed by atoms with Crippen molar-refractivity contribution >= 4 is 22.4 Å². The average Bonchev–Trinajstić information content (AvgIpc) is 2.86. The second-order valence-electron chi connectivity index (χ2n) is 10.8. The summed E-state index contributed by atoms with van der Waals surface area (Å²) in [7, 11) is 1.88. The maximum Gasteiger partial charge on any atom is 0.420 e. The summed E-state index contributed by atoms with van der Waals surface area (Å²) in [6.45, 7) is 2.04. The van der Waals surface area contributed by atoms with Gasteiger partial charge in [0.05, 0.1) is 17.9 Å². The van der Waals surface area contributed by atoms with Gasteiger partial charge in [-0.3, -0.25) is 4.79 Å². The van der Waals surface area contributed by atoms with Crippen LogP contribution in [-0.2, 0) is 11.0 Å². The van der Waals surface area contributed by atoms with Crippen molar-refractivity contribution in [3.05, 3.63) is 35.9 Å². The number of benzene rings is 2. The zero-order chi connectivity index (χ0) is 27.8. The number of hydrogen-bond donors (Lipinski definition) is 1.